The topological polar surface area (TPSA) is 62.1 Å². The molecule has 0 aliphatic rings. The molecule has 0 spiro atoms. The predicted molar refractivity (Wildman–Crippen MR) is 65.8 cm³/mol. The molecule has 4 nitrogen and oxygen atoms in total. The van der Waals surface area contributed by atoms with Gasteiger partial charge in [-0.15, -0.1) is 13.2 Å². The molecule has 0 aromatic heterocycles. The highest BCUT2D eigenvalue weighted by Gasteiger charge is 2.32. The smallest absolute Gasteiger partial charge is 0.404 e. The van der Waals surface area contributed by atoms with Gasteiger partial charge in [0.1, 0.15) is 5.92 Å². The Morgan fingerprint density at radius 3 is 2.65 bits per heavy atom. The molecular formula is C13H13F3N2O2. The summed E-state index contributed by atoms with van der Waals surface area (Å²) in [5, 5.41) is 11.1. The second-order valence-corrected chi connectivity index (χ2v) is 4.00. The van der Waals surface area contributed by atoms with Gasteiger partial charge in [-0.2, -0.15) is 5.26 Å². The summed E-state index contributed by atoms with van der Waals surface area (Å²) in [6.45, 7) is 1.80. The molecule has 0 aliphatic heterocycles. The fourth-order valence-electron chi connectivity index (χ4n) is 1.55. The van der Waals surface area contributed by atoms with Crippen LogP contribution >= 0.6 is 0 Å². The van der Waals surface area contributed by atoms with Crippen LogP contribution in [0, 0.1) is 17.2 Å². The first-order chi connectivity index (χ1) is 9.37. The highest BCUT2D eigenvalue weighted by molar-refractivity contribution is 5.95. The minimum Gasteiger partial charge on any atom is -0.404 e. The van der Waals surface area contributed by atoms with E-state index in [1.54, 1.807) is 6.92 Å². The molecule has 0 saturated carbocycles. The number of para-hydroxylation sites is 2. The average molecular weight is 286 g/mol. The summed E-state index contributed by atoms with van der Waals surface area (Å²) in [6, 6.07) is 6.99. The van der Waals surface area contributed by atoms with Gasteiger partial charge in [0.25, 0.3) is 0 Å². The van der Waals surface area contributed by atoms with E-state index in [1.165, 1.54) is 18.2 Å². The monoisotopic (exact) mass is 286 g/mol. The number of anilines is 1. The van der Waals surface area contributed by atoms with Crippen molar-refractivity contribution in [2.75, 3.05) is 5.32 Å². The molecule has 1 amide bonds. The third-order valence-electron chi connectivity index (χ3n) is 2.42. The standard InChI is InChI=1S/C13H13F3N2O2/c1-2-5-9(8-17)12(19)18-10-6-3-4-7-11(10)20-13(14,15)16/h3-4,6-7,9H,2,5H2,1H3,(H,18,19). The van der Waals surface area contributed by atoms with Gasteiger partial charge in [0, 0.05) is 0 Å². The van der Waals surface area contributed by atoms with Crippen LogP contribution in [0.4, 0.5) is 18.9 Å². The van der Waals surface area contributed by atoms with E-state index in [-0.39, 0.29) is 5.69 Å². The normalized spacial score (nSPS) is 12.3. The van der Waals surface area contributed by atoms with Crippen LogP contribution < -0.4 is 10.1 Å². The number of rotatable bonds is 5. The van der Waals surface area contributed by atoms with Crippen molar-refractivity contribution in [2.45, 2.75) is 26.1 Å². The summed E-state index contributed by atoms with van der Waals surface area (Å²) in [7, 11) is 0. The molecule has 0 saturated heterocycles. The zero-order chi connectivity index (χ0) is 15.2. The van der Waals surface area contributed by atoms with Crippen LogP contribution in [0.2, 0.25) is 0 Å². The Morgan fingerprint density at radius 1 is 1.45 bits per heavy atom. The summed E-state index contributed by atoms with van der Waals surface area (Å²) < 4.78 is 40.5. The first-order valence-corrected chi connectivity index (χ1v) is 5.92. The number of hydrogen-bond donors (Lipinski definition) is 1. The Labute approximate surface area is 114 Å². The fourth-order valence-corrected chi connectivity index (χ4v) is 1.55. The number of amides is 1. The summed E-state index contributed by atoms with van der Waals surface area (Å²) in [5.74, 6) is -2.06. The van der Waals surface area contributed by atoms with E-state index in [0.717, 1.165) is 6.07 Å². The number of ether oxygens (including phenoxy) is 1. The summed E-state index contributed by atoms with van der Waals surface area (Å²) in [6.07, 6.45) is -3.89. The molecule has 20 heavy (non-hydrogen) atoms. The quantitative estimate of drug-likeness (QED) is 0.901. The van der Waals surface area contributed by atoms with Crippen molar-refractivity contribution < 1.29 is 22.7 Å². The zero-order valence-corrected chi connectivity index (χ0v) is 10.7. The van der Waals surface area contributed by atoms with E-state index in [9.17, 15) is 18.0 Å². The van der Waals surface area contributed by atoms with Gasteiger partial charge >= 0.3 is 6.36 Å². The number of alkyl halides is 3. The van der Waals surface area contributed by atoms with E-state index in [4.69, 9.17) is 5.26 Å². The van der Waals surface area contributed by atoms with Crippen molar-refractivity contribution in [1.29, 1.82) is 5.26 Å². The molecule has 0 heterocycles. The van der Waals surface area contributed by atoms with Gasteiger partial charge in [-0.25, -0.2) is 0 Å². The van der Waals surface area contributed by atoms with Crippen LogP contribution in [0.15, 0.2) is 24.3 Å². The van der Waals surface area contributed by atoms with Crippen molar-refractivity contribution in [3.63, 3.8) is 0 Å². The highest BCUT2D eigenvalue weighted by atomic mass is 19.4. The first kappa shape index (κ1) is 15.8. The van der Waals surface area contributed by atoms with Crippen LogP contribution in [0.1, 0.15) is 19.8 Å². The number of nitriles is 1. The van der Waals surface area contributed by atoms with Gasteiger partial charge in [0.05, 0.1) is 11.8 Å². The van der Waals surface area contributed by atoms with Crippen molar-refractivity contribution >= 4 is 11.6 Å². The first-order valence-electron chi connectivity index (χ1n) is 5.92. The molecule has 0 bridgehead atoms. The molecule has 1 atom stereocenters. The predicted octanol–water partition coefficient (Wildman–Crippen LogP) is 3.46. The molecule has 7 heteroatoms. The van der Waals surface area contributed by atoms with Gasteiger partial charge in [-0.3, -0.25) is 4.79 Å². The van der Waals surface area contributed by atoms with Gasteiger partial charge in [-0.1, -0.05) is 25.5 Å². The van der Waals surface area contributed by atoms with Gasteiger partial charge in [0.2, 0.25) is 5.91 Å². The molecule has 1 unspecified atom stereocenters. The number of nitrogens with zero attached hydrogens (tertiary/aromatic N) is 1. The third kappa shape index (κ3) is 4.80. The average Bonchev–Trinajstić information content (AvgIpc) is 2.36. The van der Waals surface area contributed by atoms with Crippen LogP contribution in [-0.4, -0.2) is 12.3 Å². The number of benzene rings is 1. The molecule has 1 N–H and O–H groups in total. The lowest BCUT2D eigenvalue weighted by Crippen LogP contribution is -2.23. The Balaban J connectivity index is 2.87. The summed E-state index contributed by atoms with van der Waals surface area (Å²) in [5.41, 5.74) is -0.119. The van der Waals surface area contributed by atoms with E-state index >= 15 is 0 Å². The third-order valence-corrected chi connectivity index (χ3v) is 2.42. The Bertz CT molecular complexity index is 509. The van der Waals surface area contributed by atoms with Gasteiger partial charge < -0.3 is 10.1 Å². The number of hydrogen-bond acceptors (Lipinski definition) is 3. The van der Waals surface area contributed by atoms with Crippen LogP contribution in [0.25, 0.3) is 0 Å². The van der Waals surface area contributed by atoms with Crippen molar-refractivity contribution in [3.8, 4) is 11.8 Å². The van der Waals surface area contributed by atoms with Crippen LogP contribution in [-0.2, 0) is 4.79 Å². The second kappa shape index (κ2) is 6.80. The van der Waals surface area contributed by atoms with E-state index in [2.05, 4.69) is 10.1 Å². The minimum absolute atomic E-state index is 0.119. The molecule has 0 radical (unpaired) electrons. The van der Waals surface area contributed by atoms with Gasteiger partial charge in [-0.05, 0) is 18.6 Å². The van der Waals surface area contributed by atoms with E-state index in [1.807, 2.05) is 6.07 Å². The lowest BCUT2D eigenvalue weighted by molar-refractivity contribution is -0.274. The maximum Gasteiger partial charge on any atom is 0.573 e. The van der Waals surface area contributed by atoms with E-state index < -0.39 is 23.9 Å². The number of nitrogens with one attached hydrogen (secondary N) is 1. The molecule has 1 aromatic rings. The molecule has 1 aromatic carbocycles. The second-order valence-electron chi connectivity index (χ2n) is 4.00. The minimum atomic E-state index is -4.85. The molecular weight excluding hydrogens is 273 g/mol. The zero-order valence-electron chi connectivity index (χ0n) is 10.7. The molecule has 108 valence electrons. The van der Waals surface area contributed by atoms with Crippen LogP contribution in [0.5, 0.6) is 5.75 Å². The summed E-state index contributed by atoms with van der Waals surface area (Å²) in [4.78, 5) is 11.8. The Morgan fingerprint density at radius 2 is 2.10 bits per heavy atom. The maximum atomic E-state index is 12.2. The number of carbonyl (C=O) groups excluding carboxylic acids is 1. The SMILES string of the molecule is CCCC(C#N)C(=O)Nc1ccccc1OC(F)(F)F. The van der Waals surface area contributed by atoms with Crippen LogP contribution in [0.3, 0.4) is 0 Å². The Hall–Kier alpha value is -2.23. The molecule has 0 aliphatic carbocycles. The van der Waals surface area contributed by atoms with Crippen molar-refractivity contribution in [1.82, 2.24) is 0 Å². The molecule has 0 fully saturated rings. The van der Waals surface area contributed by atoms with E-state index in [0.29, 0.717) is 12.8 Å². The summed E-state index contributed by atoms with van der Waals surface area (Å²) >= 11 is 0. The number of halogens is 3. The Kier molecular flexibility index (Phi) is 5.38. The maximum absolute atomic E-state index is 12.2. The van der Waals surface area contributed by atoms with Crippen molar-refractivity contribution in [3.05, 3.63) is 24.3 Å². The van der Waals surface area contributed by atoms with Gasteiger partial charge in [0.15, 0.2) is 5.75 Å². The number of carbonyl (C=O) groups is 1. The van der Waals surface area contributed by atoms with Crippen molar-refractivity contribution in [2.24, 2.45) is 5.92 Å². The molecule has 1 rings (SSSR count). The fraction of sp³-hybridized carbons (Fsp3) is 0.385. The largest absolute Gasteiger partial charge is 0.573 e. The lowest BCUT2D eigenvalue weighted by atomic mass is 10.0. The lowest BCUT2D eigenvalue weighted by Gasteiger charge is -2.15. The highest BCUT2D eigenvalue weighted by Crippen LogP contribution is 2.30.